The van der Waals surface area contributed by atoms with Gasteiger partial charge in [-0.2, -0.15) is 0 Å². The summed E-state index contributed by atoms with van der Waals surface area (Å²) in [6.45, 7) is 4.18. The van der Waals surface area contributed by atoms with Crippen LogP contribution in [0.25, 0.3) is 0 Å². The van der Waals surface area contributed by atoms with Crippen LogP contribution in [0.1, 0.15) is 34.6 Å². The predicted octanol–water partition coefficient (Wildman–Crippen LogP) is 2.81. The summed E-state index contributed by atoms with van der Waals surface area (Å²) in [4.78, 5) is 22.4. The van der Waals surface area contributed by atoms with Gasteiger partial charge in [0.2, 0.25) is 0 Å². The highest BCUT2D eigenvalue weighted by molar-refractivity contribution is 6.21. The van der Waals surface area contributed by atoms with Crippen molar-refractivity contribution in [3.63, 3.8) is 0 Å². The zero-order chi connectivity index (χ0) is 14.3. The number of hydrogen-bond acceptors (Lipinski definition) is 3. The van der Waals surface area contributed by atoms with Crippen LogP contribution in [0.15, 0.2) is 48.6 Å². The van der Waals surface area contributed by atoms with Crippen LogP contribution >= 0.6 is 0 Å². The van der Waals surface area contributed by atoms with E-state index in [4.69, 9.17) is 5.11 Å². The molecule has 0 spiro atoms. The Labute approximate surface area is 113 Å². The molecule has 1 N–H and O–H groups in total. The van der Waals surface area contributed by atoms with Crippen molar-refractivity contribution in [2.75, 3.05) is 6.61 Å². The predicted molar refractivity (Wildman–Crippen MR) is 75.3 cm³/mol. The van der Waals surface area contributed by atoms with Crippen molar-refractivity contribution in [3.05, 3.63) is 59.7 Å². The zero-order valence-corrected chi connectivity index (χ0v) is 11.2. The normalized spacial score (nSPS) is 14.9. The molecule has 100 valence electrons. The second-order valence-electron chi connectivity index (χ2n) is 4.29. The van der Waals surface area contributed by atoms with E-state index in [0.717, 1.165) is 0 Å². The molecule has 1 unspecified atom stereocenters. The summed E-state index contributed by atoms with van der Waals surface area (Å²) in [5, 5.41) is 8.41. The number of benzene rings is 1. The number of hydrogen-bond donors (Lipinski definition) is 1. The van der Waals surface area contributed by atoms with Gasteiger partial charge in [-0.1, -0.05) is 43.3 Å². The lowest BCUT2D eigenvalue weighted by Gasteiger charge is -2.06. The van der Waals surface area contributed by atoms with E-state index in [1.165, 1.54) is 12.2 Å². The van der Waals surface area contributed by atoms with E-state index in [1.54, 1.807) is 24.3 Å². The van der Waals surface area contributed by atoms with Crippen molar-refractivity contribution in [2.45, 2.75) is 13.8 Å². The maximum absolute atomic E-state index is 11.2. The summed E-state index contributed by atoms with van der Waals surface area (Å²) >= 11 is 0. The first kappa shape index (κ1) is 15.1. The van der Waals surface area contributed by atoms with Crippen molar-refractivity contribution < 1.29 is 14.7 Å². The average Bonchev–Trinajstić information content (AvgIpc) is 2.44. The van der Waals surface area contributed by atoms with Crippen molar-refractivity contribution in [3.8, 4) is 0 Å². The summed E-state index contributed by atoms with van der Waals surface area (Å²) in [6.07, 6.45) is 6.54. The van der Waals surface area contributed by atoms with Crippen molar-refractivity contribution in [1.29, 1.82) is 0 Å². The van der Waals surface area contributed by atoms with Crippen LogP contribution in [0, 0.1) is 5.92 Å². The Morgan fingerprint density at radius 1 is 1.11 bits per heavy atom. The molecular formula is C16H18O3. The van der Waals surface area contributed by atoms with E-state index in [1.807, 2.05) is 26.0 Å². The van der Waals surface area contributed by atoms with Crippen LogP contribution in [0.4, 0.5) is 0 Å². The Balaban J connectivity index is 0.000000224. The highest BCUT2D eigenvalue weighted by Gasteiger charge is 2.16. The minimum atomic E-state index is -0.0924. The molecule has 1 atom stereocenters. The van der Waals surface area contributed by atoms with Gasteiger partial charge < -0.3 is 5.11 Å². The molecule has 0 saturated carbocycles. The van der Waals surface area contributed by atoms with E-state index in [-0.39, 0.29) is 18.2 Å². The molecule has 2 rings (SSSR count). The van der Waals surface area contributed by atoms with Crippen LogP contribution < -0.4 is 0 Å². The molecule has 1 aromatic rings. The molecule has 0 amide bonds. The Morgan fingerprint density at radius 3 is 1.89 bits per heavy atom. The van der Waals surface area contributed by atoms with Gasteiger partial charge in [0, 0.05) is 17.7 Å². The quantitative estimate of drug-likeness (QED) is 0.830. The van der Waals surface area contributed by atoms with Crippen molar-refractivity contribution in [2.24, 2.45) is 5.92 Å². The number of carbonyl (C=O) groups excluding carboxylic acids is 2. The molecule has 0 radical (unpaired) electrons. The molecule has 1 aromatic carbocycles. The number of aliphatic hydroxyl groups excluding tert-OH is 1. The Kier molecular flexibility index (Phi) is 5.90. The number of fused-ring (bicyclic) bond motifs is 1. The molecule has 3 nitrogen and oxygen atoms in total. The average molecular weight is 258 g/mol. The number of ketones is 2. The van der Waals surface area contributed by atoms with Gasteiger partial charge in [-0.3, -0.25) is 9.59 Å². The molecular weight excluding hydrogens is 240 g/mol. The lowest BCUT2D eigenvalue weighted by molar-refractivity contribution is 0.0994. The van der Waals surface area contributed by atoms with Crippen LogP contribution in [0.3, 0.4) is 0 Å². The minimum Gasteiger partial charge on any atom is -0.396 e. The molecule has 0 saturated heterocycles. The fraction of sp³-hybridized carbons (Fsp3) is 0.250. The van der Waals surface area contributed by atoms with E-state index < -0.39 is 0 Å². The first-order valence-corrected chi connectivity index (χ1v) is 6.19. The monoisotopic (exact) mass is 258 g/mol. The molecule has 1 aliphatic carbocycles. The third-order valence-corrected chi connectivity index (χ3v) is 2.65. The van der Waals surface area contributed by atoms with Crippen LogP contribution in [-0.4, -0.2) is 23.3 Å². The third-order valence-electron chi connectivity index (χ3n) is 2.65. The molecule has 0 heterocycles. The largest absolute Gasteiger partial charge is 0.396 e. The summed E-state index contributed by atoms with van der Waals surface area (Å²) in [7, 11) is 0. The van der Waals surface area contributed by atoms with Crippen LogP contribution in [-0.2, 0) is 0 Å². The zero-order valence-electron chi connectivity index (χ0n) is 11.2. The first-order chi connectivity index (χ1) is 9.10. The maximum Gasteiger partial charge on any atom is 0.186 e. The van der Waals surface area contributed by atoms with Crippen molar-refractivity contribution >= 4 is 11.6 Å². The fourth-order valence-corrected chi connectivity index (χ4v) is 1.63. The summed E-state index contributed by atoms with van der Waals surface area (Å²) in [6, 6.07) is 6.84. The summed E-state index contributed by atoms with van der Waals surface area (Å²) < 4.78 is 0. The Hall–Kier alpha value is -2.00. The summed E-state index contributed by atoms with van der Waals surface area (Å²) in [5.74, 6) is 0.139. The Morgan fingerprint density at radius 2 is 1.58 bits per heavy atom. The van der Waals surface area contributed by atoms with Crippen LogP contribution in [0.5, 0.6) is 0 Å². The van der Waals surface area contributed by atoms with Crippen molar-refractivity contribution in [1.82, 2.24) is 0 Å². The van der Waals surface area contributed by atoms with Gasteiger partial charge in [-0.15, -0.1) is 0 Å². The highest BCUT2D eigenvalue weighted by Crippen LogP contribution is 2.15. The SMILES string of the molecule is CC=CC(C)CO.O=C1C=CC(=O)c2ccccc21. The number of aliphatic hydroxyl groups is 1. The smallest absolute Gasteiger partial charge is 0.186 e. The van der Waals surface area contributed by atoms with E-state index >= 15 is 0 Å². The lowest BCUT2D eigenvalue weighted by Crippen LogP contribution is -2.10. The van der Waals surface area contributed by atoms with Gasteiger partial charge in [0.1, 0.15) is 0 Å². The summed E-state index contributed by atoms with van der Waals surface area (Å²) in [5.41, 5.74) is 1.01. The topological polar surface area (TPSA) is 54.4 Å². The van der Waals surface area contributed by atoms with E-state index in [2.05, 4.69) is 0 Å². The molecule has 0 fully saturated rings. The van der Waals surface area contributed by atoms with Gasteiger partial charge in [-0.05, 0) is 25.0 Å². The fourth-order valence-electron chi connectivity index (χ4n) is 1.63. The second-order valence-corrected chi connectivity index (χ2v) is 4.29. The van der Waals surface area contributed by atoms with Gasteiger partial charge in [0.05, 0.1) is 0 Å². The van der Waals surface area contributed by atoms with Crippen LogP contribution in [0.2, 0.25) is 0 Å². The molecule has 0 bridgehead atoms. The second kappa shape index (κ2) is 7.44. The third kappa shape index (κ3) is 4.30. The van der Waals surface area contributed by atoms with Gasteiger partial charge >= 0.3 is 0 Å². The molecule has 3 heteroatoms. The number of carbonyl (C=O) groups is 2. The number of allylic oxidation sites excluding steroid dienone is 3. The maximum atomic E-state index is 11.2. The highest BCUT2D eigenvalue weighted by atomic mass is 16.3. The van der Waals surface area contributed by atoms with E-state index in [0.29, 0.717) is 17.0 Å². The van der Waals surface area contributed by atoms with Gasteiger partial charge in [-0.25, -0.2) is 0 Å². The molecule has 1 aliphatic rings. The molecule has 0 aromatic heterocycles. The standard InChI is InChI=1S/C10H6O2.C6H12O/c11-9-5-6-10(12)8-4-2-1-3-7(8)9;1-3-4-6(2)5-7/h1-6H;3-4,6-7H,5H2,1-2H3. The van der Waals surface area contributed by atoms with E-state index in [9.17, 15) is 9.59 Å². The van der Waals surface area contributed by atoms with Gasteiger partial charge in [0.15, 0.2) is 11.6 Å². The molecule has 19 heavy (non-hydrogen) atoms. The lowest BCUT2D eigenvalue weighted by atomic mass is 9.95. The van der Waals surface area contributed by atoms with Gasteiger partial charge in [0.25, 0.3) is 0 Å². The number of rotatable bonds is 2. The first-order valence-electron chi connectivity index (χ1n) is 6.19. The minimum absolute atomic E-state index is 0.0924. The molecule has 0 aliphatic heterocycles. The Bertz CT molecular complexity index is 475.